The number of likely N-dealkylation sites (N-methyl/N-ethyl adjacent to an activating group) is 1. The Balaban J connectivity index is 0.000000191. The van der Waals surface area contributed by atoms with Crippen molar-refractivity contribution >= 4 is 97.9 Å². The van der Waals surface area contributed by atoms with Gasteiger partial charge < -0.3 is 73.9 Å². The number of piperidine rings is 1. The molecular formula is C97H119BrCl2N10O14. The van der Waals surface area contributed by atoms with Crippen LogP contribution in [-0.2, 0) is 37.4 Å². The van der Waals surface area contributed by atoms with Gasteiger partial charge in [-0.05, 0) is 275 Å². The molecule has 4 aliphatic rings. The molecule has 2 fully saturated rings. The molecule has 0 bridgehead atoms. The first-order valence-electron chi connectivity index (χ1n) is 41.4. The van der Waals surface area contributed by atoms with Gasteiger partial charge >= 0.3 is 24.2 Å². The topological polar surface area (TPSA) is 275 Å². The van der Waals surface area contributed by atoms with Crippen molar-refractivity contribution in [1.82, 2.24) is 25.3 Å². The fourth-order valence-corrected chi connectivity index (χ4v) is 16.2. The first-order valence-corrected chi connectivity index (χ1v) is 43.2. The maximum atomic E-state index is 14.1. The van der Waals surface area contributed by atoms with Crippen molar-refractivity contribution in [3.05, 3.63) is 270 Å². The number of carbonyl (C=O) groups excluding carboxylic acids is 6. The zero-order chi connectivity index (χ0) is 90.3. The summed E-state index contributed by atoms with van der Waals surface area (Å²) < 4.78 is 42.3. The fourth-order valence-electron chi connectivity index (χ4n) is 14.9. The number of methoxy groups -OCH3 is 5. The average Bonchev–Trinajstić information content (AvgIpc) is 1.61. The van der Waals surface area contributed by atoms with Crippen LogP contribution in [0, 0.1) is 13.8 Å². The van der Waals surface area contributed by atoms with E-state index in [4.69, 9.17) is 62.1 Å². The van der Waals surface area contributed by atoms with Crippen molar-refractivity contribution in [2.75, 3.05) is 109 Å². The molecule has 3 unspecified atom stereocenters. The van der Waals surface area contributed by atoms with Gasteiger partial charge in [0.15, 0.2) is 11.5 Å². The van der Waals surface area contributed by atoms with Crippen molar-refractivity contribution in [2.45, 2.75) is 155 Å². The van der Waals surface area contributed by atoms with Gasteiger partial charge in [-0.2, -0.15) is 0 Å². The van der Waals surface area contributed by atoms with Crippen LogP contribution in [0.25, 0.3) is 0 Å². The minimum atomic E-state index is -0.613. The predicted octanol–water partition coefficient (Wildman–Crippen LogP) is 20.1. The quantitative estimate of drug-likeness (QED) is 0.0235. The van der Waals surface area contributed by atoms with Gasteiger partial charge in [-0.3, -0.25) is 25.5 Å². The molecule has 4 heterocycles. The third-order valence-electron chi connectivity index (χ3n) is 20.9. The van der Waals surface area contributed by atoms with E-state index in [2.05, 4.69) is 76.1 Å². The minimum absolute atomic E-state index is 0.00280. The molecule has 3 atom stereocenters. The van der Waals surface area contributed by atoms with Crippen molar-refractivity contribution in [3.8, 4) is 23.0 Å². The molecular weight excluding hydrogens is 1680 g/mol. The highest BCUT2D eigenvalue weighted by Crippen LogP contribution is 2.44. The Bertz CT molecular complexity index is 5170. The molecule has 0 aliphatic carbocycles. The number of nitrogens with zero attached hydrogens (tertiary/aromatic N) is 4. The van der Waals surface area contributed by atoms with Gasteiger partial charge in [0.05, 0.1) is 59.2 Å². The first-order chi connectivity index (χ1) is 59.0. The normalized spacial score (nSPS) is 14.5. The van der Waals surface area contributed by atoms with E-state index in [1.807, 2.05) is 214 Å². The number of hydrogen-bond acceptors (Lipinski definition) is 19. The van der Waals surface area contributed by atoms with Crippen LogP contribution in [0.5, 0.6) is 23.0 Å². The molecule has 0 spiro atoms. The van der Waals surface area contributed by atoms with Gasteiger partial charge in [-0.1, -0.05) is 119 Å². The van der Waals surface area contributed by atoms with Crippen molar-refractivity contribution in [3.63, 3.8) is 0 Å². The smallest absolute Gasteiger partial charge is 0.412 e. The molecule has 13 rings (SSSR count). The number of hydrogen-bond donors (Lipinski definition) is 6. The number of aryl methyl sites for hydroxylation is 2. The van der Waals surface area contributed by atoms with Crippen LogP contribution in [0.15, 0.2) is 182 Å². The summed E-state index contributed by atoms with van der Waals surface area (Å²) >= 11 is 15.6. The molecule has 7 N–H and O–H groups in total. The molecule has 27 heteroatoms. The number of esters is 1. The summed E-state index contributed by atoms with van der Waals surface area (Å²) in [5.41, 5.74) is 19.4. The monoisotopic (exact) mass is 1800 g/mol. The average molecular weight is 1800 g/mol. The molecule has 2 saturated heterocycles. The lowest BCUT2D eigenvalue weighted by atomic mass is 9.95. The van der Waals surface area contributed by atoms with E-state index >= 15 is 0 Å². The first kappa shape index (κ1) is 96.9. The minimum Gasteiger partial charge on any atom is -0.496 e. The van der Waals surface area contributed by atoms with Crippen LogP contribution >= 0.6 is 39.1 Å². The standard InChI is InChI=1S/C34H42N4O4.C28H29ClN2O4.C20H26N2O4.C9H8BrClO2.C6H14N2/c1-7-36-16-18-37(19-17-36)29-13-9-12-27-28(29)22-38(32(27)39)31(25-14-15-30(41-6)23(2)20-25)24-10-8-11-26(21-24)35-33(40)42-34(3,4)5;1-17-14-19(12-13-24(17)34-5)25(31-16-22-21(26(31)32)10-7-11-23(22)29)18-8-6-9-20(15-18)30-27(33)35-28(2,3)4;1-20(2,3)26-19(23)22-15-8-6-7-13(11-15)18(21)14-9-10-16(24-4)17(12-14)25-5;1-13-9(12)6-3-2-4-8(11)7(6)5-10;1-7-6-2-4-8-5-3-6/h8-15,20-21,31H,7,16-19,22H2,1-6H3,(H,35,40);6-15,25H,16H2,1-5H3,(H,30,33);6-12,18H,21H2,1-5H3,(H,22,23);2-4H,5H2,1H3;6-8H,2-5H2,1H3. The zero-order valence-corrected chi connectivity index (χ0v) is 77.4. The summed E-state index contributed by atoms with van der Waals surface area (Å²) in [6, 6.07) is 56.2. The van der Waals surface area contributed by atoms with Crippen LogP contribution in [0.4, 0.5) is 37.1 Å². The maximum absolute atomic E-state index is 14.1. The van der Waals surface area contributed by atoms with Crippen LogP contribution in [0.2, 0.25) is 10.0 Å². The van der Waals surface area contributed by atoms with Gasteiger partial charge in [0.2, 0.25) is 0 Å². The zero-order valence-electron chi connectivity index (χ0n) is 74.3. The van der Waals surface area contributed by atoms with E-state index in [0.717, 1.165) is 123 Å². The highest BCUT2D eigenvalue weighted by atomic mass is 79.9. The molecule has 0 radical (unpaired) electrons. The molecule has 9 aromatic carbocycles. The number of piperazine rings is 1. The number of fused-ring (bicyclic) bond motifs is 2. The number of alkyl halides is 1. The Labute approximate surface area is 748 Å². The lowest BCUT2D eigenvalue weighted by Crippen LogP contribution is -2.46. The molecule has 24 nitrogen and oxygen atoms in total. The van der Waals surface area contributed by atoms with Gasteiger partial charge in [-0.25, -0.2) is 19.2 Å². The van der Waals surface area contributed by atoms with Gasteiger partial charge in [0, 0.05) is 106 Å². The van der Waals surface area contributed by atoms with Crippen molar-refractivity contribution in [1.29, 1.82) is 0 Å². The third kappa shape index (κ3) is 26.6. The van der Waals surface area contributed by atoms with E-state index in [9.17, 15) is 28.8 Å². The molecule has 5 amide bonds. The number of rotatable bonds is 20. The molecule has 4 aliphatic heterocycles. The van der Waals surface area contributed by atoms with Gasteiger partial charge in [-0.15, -0.1) is 0 Å². The van der Waals surface area contributed by atoms with E-state index in [1.165, 1.54) is 33.0 Å². The highest BCUT2D eigenvalue weighted by Gasteiger charge is 2.39. The Kier molecular flexibility index (Phi) is 34.9. The van der Waals surface area contributed by atoms with Gasteiger partial charge in [0.25, 0.3) is 11.8 Å². The second kappa shape index (κ2) is 44.6. The lowest BCUT2D eigenvalue weighted by Gasteiger charge is -2.36. The summed E-state index contributed by atoms with van der Waals surface area (Å²) in [5.74, 6) is 2.37. The van der Waals surface area contributed by atoms with E-state index < -0.39 is 41.1 Å². The second-order valence-corrected chi connectivity index (χ2v) is 34.5. The maximum Gasteiger partial charge on any atom is 0.412 e. The molecule has 124 heavy (non-hydrogen) atoms. The Morgan fingerprint density at radius 1 is 0.500 bits per heavy atom. The number of halogens is 3. The second-order valence-electron chi connectivity index (χ2n) is 33.2. The molecule has 0 saturated carbocycles. The van der Waals surface area contributed by atoms with E-state index in [-0.39, 0.29) is 29.9 Å². The summed E-state index contributed by atoms with van der Waals surface area (Å²) in [5, 5.41) is 16.6. The van der Waals surface area contributed by atoms with Crippen LogP contribution in [-0.4, -0.2) is 162 Å². The van der Waals surface area contributed by atoms with Crippen molar-refractivity contribution in [2.24, 2.45) is 5.73 Å². The largest absolute Gasteiger partial charge is 0.496 e. The van der Waals surface area contributed by atoms with Gasteiger partial charge in [0.1, 0.15) is 28.3 Å². The number of amides is 5. The molecule has 0 aromatic heterocycles. The lowest BCUT2D eigenvalue weighted by molar-refractivity contribution is 0.0595. The predicted molar refractivity (Wildman–Crippen MR) is 496 cm³/mol. The summed E-state index contributed by atoms with van der Waals surface area (Å²) in [6.07, 6.45) is 1.01. The summed E-state index contributed by atoms with van der Waals surface area (Å²) in [7, 11) is 9.85. The fraction of sp³-hybridized carbons (Fsp3) is 0.381. The number of benzene rings is 9. The summed E-state index contributed by atoms with van der Waals surface area (Å²) in [6.45, 7) is 30.8. The van der Waals surface area contributed by atoms with Crippen molar-refractivity contribution < 1.29 is 66.7 Å². The van der Waals surface area contributed by atoms with Crippen LogP contribution in [0.1, 0.15) is 192 Å². The molecule has 662 valence electrons. The van der Waals surface area contributed by atoms with E-state index in [1.54, 1.807) is 77.0 Å². The number of nitrogens with two attached hydrogens (primary N) is 1. The third-order valence-corrected chi connectivity index (χ3v) is 22.2. The highest BCUT2D eigenvalue weighted by molar-refractivity contribution is 9.08. The van der Waals surface area contributed by atoms with Crippen LogP contribution < -0.4 is 56.2 Å². The molecule has 9 aromatic rings. The Hall–Kier alpha value is -10.9. The van der Waals surface area contributed by atoms with E-state index in [0.29, 0.717) is 68.2 Å². The Morgan fingerprint density at radius 3 is 1.33 bits per heavy atom. The van der Waals surface area contributed by atoms with Crippen LogP contribution in [0.3, 0.4) is 0 Å². The number of carbonyl (C=O) groups is 6. The SMILES string of the molecule is CCN1CCN(c2cccc3c2CN(C(c2cccc(NC(=O)OC(C)(C)C)c2)c2ccc(OC)c(C)c2)C3=O)CC1.CNC1CCNCC1.COC(=O)c1cccc(Cl)c1CBr.COc1ccc(C(N)c2cccc(NC(=O)OC(C)(C)C)c2)cc1OC.COc1ccc(C(c2cccc(NC(=O)OC(C)(C)C)c2)N2Cc3c(Cl)cccc3C2=O)cc1C. The Morgan fingerprint density at radius 2 is 0.903 bits per heavy atom. The number of anilines is 4. The summed E-state index contributed by atoms with van der Waals surface area (Å²) in [4.78, 5) is 84.4. The number of nitrogens with one attached hydrogen (secondary N) is 5. The number of ether oxygens (including phenoxy) is 8.